The van der Waals surface area contributed by atoms with Gasteiger partial charge in [0.2, 0.25) is 0 Å². The van der Waals surface area contributed by atoms with Crippen LogP contribution >= 0.6 is 56.7 Å². The van der Waals surface area contributed by atoms with Crippen LogP contribution in [-0.4, -0.2) is 23.3 Å². The highest BCUT2D eigenvalue weighted by Gasteiger charge is 2.43. The van der Waals surface area contributed by atoms with Gasteiger partial charge in [-0.25, -0.2) is 0 Å². The molecule has 2 amide bonds. The molecular formula is C44H57NO2S5. The summed E-state index contributed by atoms with van der Waals surface area (Å²) in [5.74, 6) is 0.208. The number of hydrogen-bond acceptors (Lipinski definition) is 7. The van der Waals surface area contributed by atoms with Crippen LogP contribution in [0.25, 0.3) is 38.7 Å². The summed E-state index contributed by atoms with van der Waals surface area (Å²) in [6, 6.07) is 13.0. The molecule has 0 N–H and O–H groups in total. The van der Waals surface area contributed by atoms with Crippen molar-refractivity contribution >= 4 is 77.9 Å². The van der Waals surface area contributed by atoms with E-state index in [0.717, 1.165) is 32.4 Å². The molecule has 1 unspecified atom stereocenters. The van der Waals surface area contributed by atoms with Crippen molar-refractivity contribution in [2.75, 3.05) is 6.54 Å². The number of nitrogens with zero attached hydrogens (tertiary/aromatic N) is 1. The maximum Gasteiger partial charge on any atom is 0.263 e. The highest BCUT2D eigenvalue weighted by atomic mass is 32.1. The number of imide groups is 1. The quantitative estimate of drug-likeness (QED) is 0.0436. The SMILES string of the molecule is CCCCCCCCCCCCC(CCCCCCCCCC)CN1C(=O)c2c(-c3cccs3)sc(-c3ccc(-c4cc5sccc5s4)s3)c2C1=O. The Labute approximate surface area is 332 Å². The van der Waals surface area contributed by atoms with Crippen LogP contribution in [0, 0.1) is 5.92 Å². The normalized spacial score (nSPS) is 13.6. The molecule has 5 aromatic heterocycles. The fourth-order valence-corrected chi connectivity index (χ4v) is 13.1. The Balaban J connectivity index is 1.14. The average molecular weight is 792 g/mol. The molecule has 3 nitrogen and oxygen atoms in total. The monoisotopic (exact) mass is 791 g/mol. The van der Waals surface area contributed by atoms with E-state index in [1.807, 2.05) is 17.4 Å². The summed E-state index contributed by atoms with van der Waals surface area (Å²) in [6.07, 6.45) is 25.9. The first kappa shape index (κ1) is 39.6. The fourth-order valence-electron chi connectivity index (χ4n) is 7.67. The van der Waals surface area contributed by atoms with E-state index in [1.165, 1.54) is 135 Å². The number of amides is 2. The molecule has 0 aromatic carbocycles. The van der Waals surface area contributed by atoms with Crippen molar-refractivity contribution in [3.05, 3.63) is 58.3 Å². The van der Waals surface area contributed by atoms with Gasteiger partial charge >= 0.3 is 0 Å². The molecule has 0 saturated carbocycles. The van der Waals surface area contributed by atoms with Crippen LogP contribution in [0.2, 0.25) is 0 Å². The summed E-state index contributed by atoms with van der Waals surface area (Å²) in [5.41, 5.74) is 1.28. The Kier molecular flexibility index (Phi) is 15.6. The lowest BCUT2D eigenvalue weighted by molar-refractivity contribution is 0.0622. The zero-order valence-corrected chi connectivity index (χ0v) is 35.4. The van der Waals surface area contributed by atoms with Crippen LogP contribution in [0.5, 0.6) is 0 Å². The van der Waals surface area contributed by atoms with Gasteiger partial charge in [-0.15, -0.1) is 56.7 Å². The average Bonchev–Trinajstić information content (AvgIpc) is 3.99. The number of unbranched alkanes of at least 4 members (excludes halogenated alkanes) is 16. The highest BCUT2D eigenvalue weighted by Crippen LogP contribution is 2.50. The lowest BCUT2D eigenvalue weighted by atomic mass is 9.93. The molecule has 1 aliphatic rings. The number of carbonyl (C=O) groups is 2. The van der Waals surface area contributed by atoms with E-state index in [4.69, 9.17) is 0 Å². The molecule has 52 heavy (non-hydrogen) atoms. The molecule has 0 saturated heterocycles. The summed E-state index contributed by atoms with van der Waals surface area (Å²) >= 11 is 8.64. The van der Waals surface area contributed by atoms with Gasteiger partial charge in [0, 0.05) is 35.5 Å². The van der Waals surface area contributed by atoms with Crippen LogP contribution < -0.4 is 0 Å². The Morgan fingerprint density at radius 1 is 0.519 bits per heavy atom. The molecule has 6 heterocycles. The molecule has 1 aliphatic heterocycles. The van der Waals surface area contributed by atoms with Gasteiger partial charge in [-0.2, -0.15) is 0 Å². The second-order valence-corrected chi connectivity index (χ2v) is 19.8. The Morgan fingerprint density at radius 2 is 1.08 bits per heavy atom. The molecule has 280 valence electrons. The predicted octanol–water partition coefficient (Wildman–Crippen LogP) is 16.2. The summed E-state index contributed by atoms with van der Waals surface area (Å²) in [7, 11) is 0. The molecule has 8 heteroatoms. The van der Waals surface area contributed by atoms with Crippen LogP contribution in [0.4, 0.5) is 0 Å². The summed E-state index contributed by atoms with van der Waals surface area (Å²) < 4.78 is 2.64. The maximum absolute atomic E-state index is 14.4. The van der Waals surface area contributed by atoms with Gasteiger partial charge < -0.3 is 0 Å². The molecular weight excluding hydrogens is 735 g/mol. The van der Waals surface area contributed by atoms with Gasteiger partial charge in [0.25, 0.3) is 11.8 Å². The number of rotatable bonds is 25. The third kappa shape index (κ3) is 10.1. The molecule has 0 fully saturated rings. The van der Waals surface area contributed by atoms with Crippen LogP contribution in [0.15, 0.2) is 47.2 Å². The smallest absolute Gasteiger partial charge is 0.263 e. The van der Waals surface area contributed by atoms with Crippen LogP contribution in [0.3, 0.4) is 0 Å². The van der Waals surface area contributed by atoms with Gasteiger partial charge in [0.1, 0.15) is 0 Å². The van der Waals surface area contributed by atoms with E-state index in [-0.39, 0.29) is 11.8 Å². The van der Waals surface area contributed by atoms with Crippen molar-refractivity contribution in [2.45, 2.75) is 142 Å². The second kappa shape index (κ2) is 20.5. The maximum atomic E-state index is 14.4. The minimum absolute atomic E-state index is 0.0785. The summed E-state index contributed by atoms with van der Waals surface area (Å²) in [6.45, 7) is 5.11. The zero-order chi connectivity index (χ0) is 36.1. The Bertz CT molecular complexity index is 1790. The van der Waals surface area contributed by atoms with Crippen molar-refractivity contribution in [3.8, 4) is 29.3 Å². The minimum atomic E-state index is -0.0790. The number of thiophene rings is 5. The molecule has 6 rings (SSSR count). The van der Waals surface area contributed by atoms with E-state index >= 15 is 0 Å². The lowest BCUT2D eigenvalue weighted by Gasteiger charge is -2.23. The Morgan fingerprint density at radius 3 is 1.63 bits per heavy atom. The first-order chi connectivity index (χ1) is 25.6. The zero-order valence-electron chi connectivity index (χ0n) is 31.4. The van der Waals surface area contributed by atoms with Gasteiger partial charge in [0.15, 0.2) is 0 Å². The van der Waals surface area contributed by atoms with Gasteiger partial charge in [-0.1, -0.05) is 135 Å². The lowest BCUT2D eigenvalue weighted by Crippen LogP contribution is -2.35. The molecule has 0 radical (unpaired) electrons. The predicted molar refractivity (Wildman–Crippen MR) is 232 cm³/mol. The minimum Gasteiger partial charge on any atom is -0.274 e. The van der Waals surface area contributed by atoms with E-state index < -0.39 is 0 Å². The van der Waals surface area contributed by atoms with E-state index in [2.05, 4.69) is 54.9 Å². The third-order valence-electron chi connectivity index (χ3n) is 10.7. The molecule has 0 aliphatic carbocycles. The number of fused-ring (bicyclic) bond motifs is 2. The van der Waals surface area contributed by atoms with Crippen molar-refractivity contribution in [3.63, 3.8) is 0 Å². The molecule has 0 bridgehead atoms. The molecule has 0 spiro atoms. The number of hydrogen-bond donors (Lipinski definition) is 0. The van der Waals surface area contributed by atoms with Crippen molar-refractivity contribution < 1.29 is 9.59 Å². The van der Waals surface area contributed by atoms with Gasteiger partial charge in [-0.05, 0) is 59.9 Å². The third-order valence-corrected chi connectivity index (χ3v) is 16.4. The van der Waals surface area contributed by atoms with Crippen molar-refractivity contribution in [1.29, 1.82) is 0 Å². The van der Waals surface area contributed by atoms with Gasteiger partial charge in [0.05, 0.1) is 20.9 Å². The number of carbonyl (C=O) groups excluding carboxylic acids is 2. The van der Waals surface area contributed by atoms with Crippen molar-refractivity contribution in [2.24, 2.45) is 5.92 Å². The van der Waals surface area contributed by atoms with E-state index in [1.54, 1.807) is 50.2 Å². The summed E-state index contributed by atoms with van der Waals surface area (Å²) in [4.78, 5) is 37.0. The largest absolute Gasteiger partial charge is 0.274 e. The second-order valence-electron chi connectivity index (χ2n) is 14.7. The standard InChI is InChI=1S/C44H57NO2S5/c1-3-5-7-9-11-13-14-16-18-20-23-32(22-19-17-15-12-10-8-6-4-2)31-45-43(46)39-40(44(45)47)42(52-41(39)35-24-21-28-48-35)36-26-25-33(50-36)38-30-37-34(51-38)27-29-49-37/h21,24-30,32H,3-20,22-23,31H2,1-2H3. The van der Waals surface area contributed by atoms with E-state index in [9.17, 15) is 9.59 Å². The molecule has 5 aromatic rings. The van der Waals surface area contributed by atoms with Crippen LogP contribution in [0.1, 0.15) is 163 Å². The van der Waals surface area contributed by atoms with Crippen molar-refractivity contribution in [1.82, 2.24) is 4.90 Å². The Hall–Kier alpha value is -2.10. The summed E-state index contributed by atoms with van der Waals surface area (Å²) in [5, 5.41) is 4.22. The van der Waals surface area contributed by atoms with Gasteiger partial charge in [-0.3, -0.25) is 14.5 Å². The molecule has 1 atom stereocenters. The topological polar surface area (TPSA) is 37.4 Å². The highest BCUT2D eigenvalue weighted by molar-refractivity contribution is 7.32. The van der Waals surface area contributed by atoms with E-state index in [0.29, 0.717) is 23.6 Å². The van der Waals surface area contributed by atoms with Crippen LogP contribution in [-0.2, 0) is 0 Å². The first-order valence-corrected chi connectivity index (χ1v) is 24.4. The first-order valence-electron chi connectivity index (χ1n) is 20.2. The fraction of sp³-hybridized carbons (Fsp3) is 0.545.